The summed E-state index contributed by atoms with van der Waals surface area (Å²) in [5.74, 6) is -0.389. The fourth-order valence-electron chi connectivity index (χ4n) is 2.28. The summed E-state index contributed by atoms with van der Waals surface area (Å²) in [7, 11) is 0. The molecular weight excluding hydrogens is 344 g/mol. The number of aliphatic carboxylic acids is 1. The van der Waals surface area contributed by atoms with E-state index in [0.29, 0.717) is 17.4 Å². The number of H-pyrrole nitrogens is 1. The van der Waals surface area contributed by atoms with Gasteiger partial charge < -0.3 is 19.7 Å². The highest BCUT2D eigenvalue weighted by Gasteiger charge is 2.06. The Morgan fingerprint density at radius 2 is 2.12 bits per heavy atom. The molecule has 0 unspecified atom stereocenters. The van der Waals surface area contributed by atoms with Crippen molar-refractivity contribution in [1.29, 1.82) is 0 Å². The number of carboxylic acids is 1. The van der Waals surface area contributed by atoms with Gasteiger partial charge in [0.1, 0.15) is 12.4 Å². The Labute approximate surface area is 148 Å². The van der Waals surface area contributed by atoms with Crippen LogP contribution < -0.4 is 4.74 Å². The minimum absolute atomic E-state index is 0.362. The monoisotopic (exact) mass is 358 g/mol. The van der Waals surface area contributed by atoms with Crippen molar-refractivity contribution in [3.63, 3.8) is 0 Å². The number of carboxylic acid groups (broad SMARTS) is 1. The molecule has 25 heavy (non-hydrogen) atoms. The van der Waals surface area contributed by atoms with Crippen LogP contribution >= 0.6 is 11.6 Å². The second kappa shape index (κ2) is 7.72. The Kier molecular flexibility index (Phi) is 5.20. The summed E-state index contributed by atoms with van der Waals surface area (Å²) < 4.78 is 5.81. The number of ether oxygens (including phenoxy) is 1. The van der Waals surface area contributed by atoms with E-state index in [9.17, 15) is 4.79 Å². The number of nitrogens with zero attached hydrogens (tertiary/aromatic N) is 1. The molecule has 2 N–H and O–H groups in total. The van der Waals surface area contributed by atoms with Gasteiger partial charge in [0.25, 0.3) is 0 Å². The molecule has 6 nitrogen and oxygen atoms in total. The summed E-state index contributed by atoms with van der Waals surface area (Å²) in [5, 5.41) is 13.7. The summed E-state index contributed by atoms with van der Waals surface area (Å²) in [5.41, 5.74) is 2.58. The van der Waals surface area contributed by atoms with E-state index < -0.39 is 12.6 Å². The van der Waals surface area contributed by atoms with Gasteiger partial charge in [-0.3, -0.25) is 0 Å². The van der Waals surface area contributed by atoms with Crippen molar-refractivity contribution in [1.82, 2.24) is 4.98 Å². The van der Waals surface area contributed by atoms with Gasteiger partial charge in [0, 0.05) is 33.2 Å². The molecule has 7 heteroatoms. The minimum atomic E-state index is -1.08. The molecule has 1 aromatic heterocycles. The van der Waals surface area contributed by atoms with Crippen molar-refractivity contribution >= 4 is 34.7 Å². The quantitative estimate of drug-likeness (QED) is 0.496. The topological polar surface area (TPSA) is 83.9 Å². The highest BCUT2D eigenvalue weighted by Crippen LogP contribution is 2.24. The van der Waals surface area contributed by atoms with Crippen molar-refractivity contribution in [2.45, 2.75) is 6.61 Å². The zero-order chi connectivity index (χ0) is 17.6. The minimum Gasteiger partial charge on any atom is -0.489 e. The summed E-state index contributed by atoms with van der Waals surface area (Å²) in [6.07, 6.45) is 3.22. The van der Waals surface area contributed by atoms with Gasteiger partial charge in [0.05, 0.1) is 6.21 Å². The highest BCUT2D eigenvalue weighted by molar-refractivity contribution is 6.31. The SMILES string of the molecule is O=C(O)CO/N=C/c1c[nH]c2ccc(OCc3ccccc3Cl)cc12. The zero-order valence-corrected chi connectivity index (χ0v) is 13.9. The summed E-state index contributed by atoms with van der Waals surface area (Å²) >= 11 is 6.13. The second-order valence-electron chi connectivity index (χ2n) is 5.23. The number of hydrogen-bond acceptors (Lipinski definition) is 4. The van der Waals surface area contributed by atoms with Crippen LogP contribution in [0.15, 0.2) is 53.8 Å². The van der Waals surface area contributed by atoms with Crippen LogP contribution in [0.5, 0.6) is 5.75 Å². The maximum Gasteiger partial charge on any atom is 0.344 e. The average Bonchev–Trinajstić information content (AvgIpc) is 3.00. The molecule has 0 saturated heterocycles. The standard InChI is InChI=1S/C18H15ClN2O4/c19-16-4-2-1-3-12(16)10-24-14-5-6-17-15(7-14)13(8-20-17)9-21-25-11-18(22)23/h1-9,20H,10-11H2,(H,22,23)/b21-9+. The van der Waals surface area contributed by atoms with E-state index in [2.05, 4.69) is 15.0 Å². The van der Waals surface area contributed by atoms with Gasteiger partial charge in [-0.15, -0.1) is 0 Å². The van der Waals surface area contributed by atoms with E-state index in [1.807, 2.05) is 42.5 Å². The third kappa shape index (κ3) is 4.30. The third-order valence-corrected chi connectivity index (χ3v) is 3.86. The summed E-state index contributed by atoms with van der Waals surface area (Å²) in [6, 6.07) is 13.1. The van der Waals surface area contributed by atoms with E-state index in [1.165, 1.54) is 6.21 Å². The average molecular weight is 359 g/mol. The van der Waals surface area contributed by atoms with E-state index in [0.717, 1.165) is 22.0 Å². The number of hydrogen-bond donors (Lipinski definition) is 2. The molecule has 0 radical (unpaired) electrons. The van der Waals surface area contributed by atoms with Crippen molar-refractivity contribution < 1.29 is 19.5 Å². The number of aromatic amines is 1. The first-order chi connectivity index (χ1) is 12.1. The zero-order valence-electron chi connectivity index (χ0n) is 13.1. The van der Waals surface area contributed by atoms with Crippen LogP contribution in [0.2, 0.25) is 5.02 Å². The number of nitrogens with one attached hydrogen (secondary N) is 1. The first kappa shape index (κ1) is 16.9. The second-order valence-corrected chi connectivity index (χ2v) is 5.64. The first-order valence-electron chi connectivity index (χ1n) is 7.48. The van der Waals surface area contributed by atoms with E-state index in [1.54, 1.807) is 6.20 Å². The highest BCUT2D eigenvalue weighted by atomic mass is 35.5. The van der Waals surface area contributed by atoms with E-state index >= 15 is 0 Å². The van der Waals surface area contributed by atoms with Crippen LogP contribution in [-0.4, -0.2) is 28.9 Å². The van der Waals surface area contributed by atoms with Gasteiger partial charge in [-0.1, -0.05) is 35.0 Å². The third-order valence-electron chi connectivity index (χ3n) is 3.49. The van der Waals surface area contributed by atoms with Gasteiger partial charge in [0.2, 0.25) is 6.61 Å². The molecule has 0 bridgehead atoms. The largest absolute Gasteiger partial charge is 0.489 e. The lowest BCUT2D eigenvalue weighted by Gasteiger charge is -2.08. The molecule has 0 fully saturated rings. The lowest BCUT2D eigenvalue weighted by molar-refractivity contribution is -0.142. The molecular formula is C18H15ClN2O4. The van der Waals surface area contributed by atoms with Crippen molar-refractivity contribution in [2.75, 3.05) is 6.61 Å². The normalized spacial score (nSPS) is 11.1. The molecule has 0 atom stereocenters. The number of oxime groups is 1. The number of halogens is 1. The Balaban J connectivity index is 1.73. The van der Waals surface area contributed by atoms with Crippen molar-refractivity contribution in [3.05, 3.63) is 64.8 Å². The van der Waals surface area contributed by atoms with Crippen LogP contribution in [-0.2, 0) is 16.2 Å². The molecule has 1 heterocycles. The van der Waals surface area contributed by atoms with Gasteiger partial charge in [-0.25, -0.2) is 4.79 Å². The van der Waals surface area contributed by atoms with Gasteiger partial charge in [0.15, 0.2) is 0 Å². The fourth-order valence-corrected chi connectivity index (χ4v) is 2.47. The smallest absolute Gasteiger partial charge is 0.344 e. The summed E-state index contributed by atoms with van der Waals surface area (Å²) in [6.45, 7) is -0.119. The number of aromatic nitrogens is 1. The first-order valence-corrected chi connectivity index (χ1v) is 7.86. The summed E-state index contributed by atoms with van der Waals surface area (Å²) in [4.78, 5) is 18.2. The van der Waals surface area contributed by atoms with Gasteiger partial charge in [-0.2, -0.15) is 0 Å². The Morgan fingerprint density at radius 3 is 2.92 bits per heavy atom. The molecule has 0 aliphatic heterocycles. The van der Waals surface area contributed by atoms with E-state index in [-0.39, 0.29) is 0 Å². The van der Waals surface area contributed by atoms with E-state index in [4.69, 9.17) is 21.4 Å². The predicted octanol–water partition coefficient (Wildman–Crippen LogP) is 3.84. The molecule has 3 aromatic rings. The van der Waals surface area contributed by atoms with Crippen molar-refractivity contribution in [2.24, 2.45) is 5.16 Å². The van der Waals surface area contributed by atoms with Gasteiger partial charge in [-0.05, 0) is 24.3 Å². The molecule has 0 saturated carbocycles. The van der Waals surface area contributed by atoms with Crippen LogP contribution in [0.25, 0.3) is 10.9 Å². The maximum atomic E-state index is 10.4. The lowest BCUT2D eigenvalue weighted by Crippen LogP contribution is -2.03. The fraction of sp³-hybridized carbons (Fsp3) is 0.111. The van der Waals surface area contributed by atoms with Crippen LogP contribution in [0.3, 0.4) is 0 Å². The molecule has 0 aliphatic rings. The number of fused-ring (bicyclic) bond motifs is 1. The number of rotatable bonds is 7. The van der Waals surface area contributed by atoms with Crippen molar-refractivity contribution in [3.8, 4) is 5.75 Å². The molecule has 0 aliphatic carbocycles. The Morgan fingerprint density at radius 1 is 1.28 bits per heavy atom. The molecule has 2 aromatic carbocycles. The van der Waals surface area contributed by atoms with Crippen LogP contribution in [0, 0.1) is 0 Å². The lowest BCUT2D eigenvalue weighted by atomic mass is 10.2. The van der Waals surface area contributed by atoms with Crippen LogP contribution in [0.4, 0.5) is 0 Å². The molecule has 0 spiro atoms. The molecule has 3 rings (SSSR count). The Hall–Kier alpha value is -2.99. The van der Waals surface area contributed by atoms with Gasteiger partial charge >= 0.3 is 5.97 Å². The predicted molar refractivity (Wildman–Crippen MR) is 95.3 cm³/mol. The maximum absolute atomic E-state index is 10.4. The molecule has 128 valence electrons. The Bertz CT molecular complexity index is 920. The van der Waals surface area contributed by atoms with Crippen LogP contribution in [0.1, 0.15) is 11.1 Å². The number of carbonyl (C=O) groups is 1. The number of benzene rings is 2. The molecule has 0 amide bonds.